The Morgan fingerprint density at radius 2 is 2.00 bits per heavy atom. The van der Waals surface area contributed by atoms with Crippen LogP contribution in [0.25, 0.3) is 0 Å². The predicted octanol–water partition coefficient (Wildman–Crippen LogP) is 2.11. The van der Waals surface area contributed by atoms with Gasteiger partial charge < -0.3 is 14.9 Å². The molecule has 3 rings (SSSR count). The summed E-state index contributed by atoms with van der Waals surface area (Å²) in [5.41, 5.74) is -0.360. The summed E-state index contributed by atoms with van der Waals surface area (Å²) >= 11 is 0. The first-order chi connectivity index (χ1) is 13.0. The topological polar surface area (TPSA) is 86.6 Å². The summed E-state index contributed by atoms with van der Waals surface area (Å²) in [6.45, 7) is 8.49. The van der Waals surface area contributed by atoms with Crippen LogP contribution in [0.4, 0.5) is 23.5 Å². The van der Waals surface area contributed by atoms with E-state index in [1.165, 1.54) is 12.4 Å². The third-order valence-corrected chi connectivity index (χ3v) is 4.93. The lowest BCUT2D eigenvalue weighted by Crippen LogP contribution is -2.39. The number of carboxylic acids is 1. The number of nitrogens with zero attached hydrogens (tertiary/aromatic N) is 4. The molecule has 1 N–H and O–H groups in total. The molecular formula is C17H20F4N4O3. The van der Waals surface area contributed by atoms with Gasteiger partial charge >= 0.3 is 12.1 Å². The molecule has 2 fully saturated rings. The molecule has 1 spiro atoms. The summed E-state index contributed by atoms with van der Waals surface area (Å²) in [6.07, 6.45) is -0.146. The van der Waals surface area contributed by atoms with Gasteiger partial charge in [-0.2, -0.15) is 13.2 Å². The SMILES string of the molecule is C=CCN1CC[C@]2(CN(c3ncc(F)cn3)C[C@H]2C)C1=O.O=C(O)C(F)(F)F. The van der Waals surface area contributed by atoms with E-state index in [4.69, 9.17) is 9.90 Å². The molecule has 3 heterocycles. The Balaban J connectivity index is 0.000000345. The summed E-state index contributed by atoms with van der Waals surface area (Å²) in [5, 5.41) is 7.12. The van der Waals surface area contributed by atoms with Crippen LogP contribution in [-0.2, 0) is 9.59 Å². The normalized spacial score (nSPS) is 24.3. The van der Waals surface area contributed by atoms with Gasteiger partial charge in [-0.05, 0) is 12.3 Å². The number of hydrogen-bond acceptors (Lipinski definition) is 5. The molecule has 0 aromatic carbocycles. The molecule has 11 heteroatoms. The van der Waals surface area contributed by atoms with Gasteiger partial charge in [0.15, 0.2) is 5.82 Å². The Labute approximate surface area is 158 Å². The van der Waals surface area contributed by atoms with Crippen molar-refractivity contribution >= 4 is 17.8 Å². The maximum atomic E-state index is 12.9. The average Bonchev–Trinajstić information content (AvgIpc) is 3.11. The molecular weight excluding hydrogens is 384 g/mol. The molecule has 2 atom stereocenters. The van der Waals surface area contributed by atoms with Gasteiger partial charge in [-0.15, -0.1) is 6.58 Å². The van der Waals surface area contributed by atoms with E-state index in [-0.39, 0.29) is 17.2 Å². The fraction of sp³-hybridized carbons (Fsp3) is 0.529. The molecule has 28 heavy (non-hydrogen) atoms. The molecule has 0 saturated carbocycles. The Morgan fingerprint density at radius 3 is 2.50 bits per heavy atom. The van der Waals surface area contributed by atoms with Crippen LogP contribution in [0.2, 0.25) is 0 Å². The number of likely N-dealkylation sites (tertiary alicyclic amines) is 1. The number of rotatable bonds is 3. The second-order valence-electron chi connectivity index (χ2n) is 6.73. The molecule has 2 saturated heterocycles. The fourth-order valence-electron chi connectivity index (χ4n) is 3.48. The maximum Gasteiger partial charge on any atom is 0.490 e. The van der Waals surface area contributed by atoms with Crippen LogP contribution in [0.1, 0.15) is 13.3 Å². The first kappa shape index (κ1) is 21.6. The summed E-state index contributed by atoms with van der Waals surface area (Å²) < 4.78 is 44.7. The van der Waals surface area contributed by atoms with Crippen LogP contribution in [0.15, 0.2) is 25.0 Å². The van der Waals surface area contributed by atoms with Crippen molar-refractivity contribution in [3.8, 4) is 0 Å². The first-order valence-electron chi connectivity index (χ1n) is 8.44. The number of alkyl halides is 3. The molecule has 154 valence electrons. The highest BCUT2D eigenvalue weighted by molar-refractivity contribution is 5.86. The van der Waals surface area contributed by atoms with Crippen LogP contribution >= 0.6 is 0 Å². The van der Waals surface area contributed by atoms with Gasteiger partial charge in [-0.25, -0.2) is 19.2 Å². The molecule has 0 unspecified atom stereocenters. The van der Waals surface area contributed by atoms with Crippen molar-refractivity contribution in [3.05, 3.63) is 30.9 Å². The predicted molar refractivity (Wildman–Crippen MR) is 90.9 cm³/mol. The second kappa shape index (κ2) is 8.11. The lowest BCUT2D eigenvalue weighted by Gasteiger charge is -2.26. The Bertz CT molecular complexity index is 741. The number of hydrogen-bond donors (Lipinski definition) is 1. The highest BCUT2D eigenvalue weighted by Gasteiger charge is 2.55. The van der Waals surface area contributed by atoms with E-state index < -0.39 is 18.0 Å². The molecule has 1 aromatic rings. The molecule has 2 aliphatic heterocycles. The van der Waals surface area contributed by atoms with E-state index >= 15 is 0 Å². The van der Waals surface area contributed by atoms with Crippen LogP contribution in [0, 0.1) is 17.2 Å². The van der Waals surface area contributed by atoms with E-state index in [1.54, 1.807) is 6.08 Å². The van der Waals surface area contributed by atoms with Crippen molar-refractivity contribution in [1.29, 1.82) is 0 Å². The molecule has 0 aliphatic carbocycles. The van der Waals surface area contributed by atoms with Crippen LogP contribution in [-0.4, -0.2) is 64.2 Å². The molecule has 1 aromatic heterocycles. The van der Waals surface area contributed by atoms with Crippen molar-refractivity contribution in [3.63, 3.8) is 0 Å². The second-order valence-corrected chi connectivity index (χ2v) is 6.73. The van der Waals surface area contributed by atoms with Gasteiger partial charge in [-0.1, -0.05) is 13.0 Å². The quantitative estimate of drug-likeness (QED) is 0.614. The molecule has 1 amide bonds. The van der Waals surface area contributed by atoms with E-state index in [0.717, 1.165) is 19.5 Å². The smallest absolute Gasteiger partial charge is 0.475 e. The maximum absolute atomic E-state index is 12.9. The minimum Gasteiger partial charge on any atom is -0.475 e. The number of amides is 1. The number of aromatic nitrogens is 2. The third-order valence-electron chi connectivity index (χ3n) is 4.93. The van der Waals surface area contributed by atoms with E-state index in [9.17, 15) is 22.4 Å². The van der Waals surface area contributed by atoms with Gasteiger partial charge in [0, 0.05) is 26.2 Å². The molecule has 0 bridgehead atoms. The van der Waals surface area contributed by atoms with Crippen molar-refractivity contribution in [2.75, 3.05) is 31.1 Å². The Morgan fingerprint density at radius 1 is 1.43 bits per heavy atom. The number of carbonyl (C=O) groups is 2. The average molecular weight is 404 g/mol. The lowest BCUT2D eigenvalue weighted by molar-refractivity contribution is -0.192. The summed E-state index contributed by atoms with van der Waals surface area (Å²) in [5.74, 6) is -2.29. The number of halogens is 4. The largest absolute Gasteiger partial charge is 0.490 e. The summed E-state index contributed by atoms with van der Waals surface area (Å²) in [7, 11) is 0. The zero-order valence-corrected chi connectivity index (χ0v) is 15.1. The summed E-state index contributed by atoms with van der Waals surface area (Å²) in [4.78, 5) is 33.5. The van der Waals surface area contributed by atoms with Crippen LogP contribution in [0.5, 0.6) is 0 Å². The third kappa shape index (κ3) is 4.39. The molecule has 0 radical (unpaired) electrons. The number of aliphatic carboxylic acids is 1. The number of carboxylic acid groups (broad SMARTS) is 1. The van der Waals surface area contributed by atoms with Crippen molar-refractivity contribution in [2.45, 2.75) is 19.5 Å². The van der Waals surface area contributed by atoms with Gasteiger partial charge in [-0.3, -0.25) is 4.79 Å². The summed E-state index contributed by atoms with van der Waals surface area (Å²) in [6, 6.07) is 0. The van der Waals surface area contributed by atoms with E-state index in [2.05, 4.69) is 23.5 Å². The zero-order chi connectivity index (χ0) is 21.1. The standard InChI is InChI=1S/C15H19FN4O.C2HF3O2/c1-3-5-19-6-4-15(13(19)21)10-20(9-11(15)2)14-17-7-12(16)8-18-14;3-2(4,5)1(6)7/h3,7-8,11H,1,4-6,9-10H2,2H3;(H,6,7)/t11-,15-;/m1./s1. The van der Waals surface area contributed by atoms with Crippen LogP contribution < -0.4 is 4.90 Å². The van der Waals surface area contributed by atoms with Gasteiger partial charge in [0.25, 0.3) is 0 Å². The van der Waals surface area contributed by atoms with Crippen molar-refractivity contribution in [2.24, 2.45) is 11.3 Å². The number of carbonyl (C=O) groups excluding carboxylic acids is 1. The molecule has 7 nitrogen and oxygen atoms in total. The van der Waals surface area contributed by atoms with Crippen LogP contribution in [0.3, 0.4) is 0 Å². The van der Waals surface area contributed by atoms with Gasteiger partial charge in [0.1, 0.15) is 0 Å². The highest BCUT2D eigenvalue weighted by atomic mass is 19.4. The van der Waals surface area contributed by atoms with Gasteiger partial charge in [0.2, 0.25) is 11.9 Å². The Kier molecular flexibility index (Phi) is 6.25. The zero-order valence-electron chi connectivity index (χ0n) is 15.1. The van der Waals surface area contributed by atoms with Crippen molar-refractivity contribution < 1.29 is 32.3 Å². The minimum absolute atomic E-state index is 0.194. The van der Waals surface area contributed by atoms with E-state index in [0.29, 0.717) is 19.0 Å². The van der Waals surface area contributed by atoms with E-state index in [1.807, 2.05) is 9.80 Å². The Hall–Kier alpha value is -2.72. The van der Waals surface area contributed by atoms with Gasteiger partial charge in [0.05, 0.1) is 17.8 Å². The minimum atomic E-state index is -5.08. The van der Waals surface area contributed by atoms with Crippen molar-refractivity contribution in [1.82, 2.24) is 14.9 Å². The number of anilines is 1. The first-order valence-corrected chi connectivity index (χ1v) is 8.44. The lowest BCUT2D eigenvalue weighted by atomic mass is 9.78. The highest BCUT2D eigenvalue weighted by Crippen LogP contribution is 2.45. The fourth-order valence-corrected chi connectivity index (χ4v) is 3.48. The molecule has 2 aliphatic rings. The monoisotopic (exact) mass is 404 g/mol.